The van der Waals surface area contributed by atoms with Gasteiger partial charge in [0.1, 0.15) is 0 Å². The van der Waals surface area contributed by atoms with Gasteiger partial charge in [-0.25, -0.2) is 0 Å². The van der Waals surface area contributed by atoms with E-state index in [2.05, 4.69) is 34.6 Å². The van der Waals surface area contributed by atoms with E-state index >= 15 is 0 Å². The molecule has 0 radical (unpaired) electrons. The van der Waals surface area contributed by atoms with E-state index in [9.17, 15) is 0 Å². The van der Waals surface area contributed by atoms with Gasteiger partial charge in [0.05, 0.1) is 23.1 Å². The molecule has 8 heteroatoms. The lowest BCUT2D eigenvalue weighted by molar-refractivity contribution is -0.705. The standard InChI is InChI=1S/C12H23N4OS.2ClH/c1-8-11(3-4-17)18-7-16(8)6-10-5-14-9(2)15-12(10)13;;/h7,9-10,12,14-15,17H,3-6,13H2,1-2H3;2*1H/q+1;;/p-1. The lowest BCUT2D eigenvalue weighted by Gasteiger charge is -2.33. The second-order valence-electron chi connectivity index (χ2n) is 4.94. The second-order valence-corrected chi connectivity index (χ2v) is 5.88. The van der Waals surface area contributed by atoms with Crippen molar-refractivity contribution in [2.24, 2.45) is 11.7 Å². The van der Waals surface area contributed by atoms with Crippen molar-refractivity contribution in [1.82, 2.24) is 10.6 Å². The van der Waals surface area contributed by atoms with E-state index in [1.807, 2.05) is 0 Å². The first-order valence-electron chi connectivity index (χ1n) is 6.44. The molecule has 1 aliphatic heterocycles. The SMILES string of the molecule is Cc1c(CCO)sc[n+]1CC1CNC(C)NC1N.Cl.[Cl-]. The molecule has 3 atom stereocenters. The first-order valence-corrected chi connectivity index (χ1v) is 7.32. The average Bonchev–Trinajstić information content (AvgIpc) is 2.66. The van der Waals surface area contributed by atoms with Gasteiger partial charge in [-0.15, -0.1) is 12.4 Å². The predicted octanol–water partition coefficient (Wildman–Crippen LogP) is -3.26. The Hall–Kier alpha value is 0.0500. The Morgan fingerprint density at radius 2 is 2.25 bits per heavy atom. The molecule has 0 saturated carbocycles. The van der Waals surface area contributed by atoms with Crippen LogP contribution in [-0.2, 0) is 13.0 Å². The molecule has 0 aliphatic carbocycles. The smallest absolute Gasteiger partial charge is 0.225 e. The maximum Gasteiger partial charge on any atom is 0.225 e. The van der Waals surface area contributed by atoms with Crippen LogP contribution in [0.1, 0.15) is 17.5 Å². The van der Waals surface area contributed by atoms with Crippen LogP contribution in [0.5, 0.6) is 0 Å². The van der Waals surface area contributed by atoms with Gasteiger partial charge in [-0.1, -0.05) is 11.3 Å². The second kappa shape index (κ2) is 9.15. The maximum absolute atomic E-state index is 9.00. The van der Waals surface area contributed by atoms with Gasteiger partial charge in [0, 0.05) is 26.5 Å². The number of thiazole rings is 1. The number of nitrogens with one attached hydrogen (secondary N) is 2. The fourth-order valence-corrected chi connectivity index (χ4v) is 3.34. The summed E-state index contributed by atoms with van der Waals surface area (Å²) in [4.78, 5) is 1.26. The highest BCUT2D eigenvalue weighted by molar-refractivity contribution is 7.09. The third-order valence-corrected chi connectivity index (χ3v) is 4.71. The van der Waals surface area contributed by atoms with Crippen molar-refractivity contribution in [3.63, 3.8) is 0 Å². The van der Waals surface area contributed by atoms with Crippen LogP contribution in [0.2, 0.25) is 0 Å². The molecule has 0 spiro atoms. The molecule has 20 heavy (non-hydrogen) atoms. The van der Waals surface area contributed by atoms with E-state index in [1.165, 1.54) is 10.6 Å². The number of rotatable bonds is 4. The number of nitrogens with two attached hydrogens (primary N) is 1. The van der Waals surface area contributed by atoms with E-state index in [4.69, 9.17) is 10.8 Å². The summed E-state index contributed by atoms with van der Waals surface area (Å²) in [5.74, 6) is 0.390. The number of aliphatic hydroxyl groups excluding tert-OH is 1. The summed E-state index contributed by atoms with van der Waals surface area (Å²) in [6, 6.07) is 0. The molecule has 2 heterocycles. The zero-order valence-electron chi connectivity index (χ0n) is 11.8. The molecule has 0 amide bonds. The summed E-state index contributed by atoms with van der Waals surface area (Å²) in [6.45, 7) is 6.26. The van der Waals surface area contributed by atoms with Crippen molar-refractivity contribution in [3.05, 3.63) is 16.1 Å². The van der Waals surface area contributed by atoms with Crippen molar-refractivity contribution < 1.29 is 22.1 Å². The average molecular weight is 343 g/mol. The van der Waals surface area contributed by atoms with Crippen molar-refractivity contribution in [2.75, 3.05) is 13.2 Å². The van der Waals surface area contributed by atoms with E-state index in [0.29, 0.717) is 5.92 Å². The zero-order valence-corrected chi connectivity index (χ0v) is 14.2. The summed E-state index contributed by atoms with van der Waals surface area (Å²) in [6.07, 6.45) is 1.07. The first-order chi connectivity index (χ1) is 8.61. The van der Waals surface area contributed by atoms with Crippen LogP contribution in [0.3, 0.4) is 0 Å². The van der Waals surface area contributed by atoms with Crippen molar-refractivity contribution >= 4 is 23.7 Å². The summed E-state index contributed by atoms with van der Waals surface area (Å²) < 4.78 is 2.25. The van der Waals surface area contributed by atoms with Crippen LogP contribution < -0.4 is 33.3 Å². The van der Waals surface area contributed by atoms with Crippen LogP contribution in [0.25, 0.3) is 0 Å². The van der Waals surface area contributed by atoms with Crippen molar-refractivity contribution in [1.29, 1.82) is 0 Å². The third-order valence-electron chi connectivity index (χ3n) is 3.56. The van der Waals surface area contributed by atoms with Crippen molar-refractivity contribution in [2.45, 2.75) is 39.1 Å². The Morgan fingerprint density at radius 1 is 1.55 bits per heavy atom. The molecule has 1 aromatic rings. The summed E-state index contributed by atoms with van der Waals surface area (Å²) in [5.41, 5.74) is 9.51. The Labute approximate surface area is 136 Å². The monoisotopic (exact) mass is 342 g/mol. The van der Waals surface area contributed by atoms with Gasteiger partial charge in [-0.3, -0.25) is 5.32 Å². The quantitative estimate of drug-likeness (QED) is 0.433. The molecule has 0 aromatic carbocycles. The highest BCUT2D eigenvalue weighted by Gasteiger charge is 2.29. The number of hydrogen-bond donors (Lipinski definition) is 4. The molecular weight excluding hydrogens is 319 g/mol. The molecule has 1 aliphatic rings. The molecule has 1 fully saturated rings. The Morgan fingerprint density at radius 3 is 2.85 bits per heavy atom. The van der Waals surface area contributed by atoms with Crippen LogP contribution in [0, 0.1) is 12.8 Å². The number of nitrogens with zero attached hydrogens (tertiary/aromatic N) is 1. The van der Waals surface area contributed by atoms with Gasteiger partial charge in [-0.2, -0.15) is 4.57 Å². The Kier molecular flexibility index (Phi) is 9.17. The predicted molar refractivity (Wildman–Crippen MR) is 79.4 cm³/mol. The number of halogens is 2. The highest BCUT2D eigenvalue weighted by atomic mass is 35.5. The van der Waals surface area contributed by atoms with E-state index < -0.39 is 0 Å². The number of aromatic nitrogens is 1. The molecule has 0 bridgehead atoms. The Balaban J connectivity index is 0.00000180. The molecule has 1 saturated heterocycles. The summed E-state index contributed by atoms with van der Waals surface area (Å²) in [7, 11) is 0. The van der Waals surface area contributed by atoms with Gasteiger partial charge in [0.15, 0.2) is 12.2 Å². The fraction of sp³-hybridized carbons (Fsp3) is 0.750. The lowest BCUT2D eigenvalue weighted by atomic mass is 10.0. The topological polar surface area (TPSA) is 74.2 Å². The van der Waals surface area contributed by atoms with Gasteiger partial charge in [-0.05, 0) is 6.92 Å². The van der Waals surface area contributed by atoms with E-state index in [1.54, 1.807) is 11.3 Å². The Bertz CT molecular complexity index is 405. The fourth-order valence-electron chi connectivity index (χ4n) is 2.34. The molecule has 118 valence electrons. The third kappa shape index (κ3) is 4.80. The molecule has 5 nitrogen and oxygen atoms in total. The highest BCUT2D eigenvalue weighted by Crippen LogP contribution is 2.13. The minimum Gasteiger partial charge on any atom is -1.00 e. The lowest BCUT2D eigenvalue weighted by Crippen LogP contribution is -3.00. The van der Waals surface area contributed by atoms with Gasteiger partial charge < -0.3 is 28.6 Å². The van der Waals surface area contributed by atoms with Gasteiger partial charge >= 0.3 is 0 Å². The molecule has 3 unspecified atom stereocenters. The van der Waals surface area contributed by atoms with Crippen LogP contribution in [-0.4, -0.2) is 30.6 Å². The zero-order chi connectivity index (χ0) is 13.1. The summed E-state index contributed by atoms with van der Waals surface area (Å²) >= 11 is 1.71. The van der Waals surface area contributed by atoms with Crippen LogP contribution in [0.15, 0.2) is 5.51 Å². The van der Waals surface area contributed by atoms with Crippen molar-refractivity contribution in [3.8, 4) is 0 Å². The molecule has 1 aromatic heterocycles. The van der Waals surface area contributed by atoms with Gasteiger partial charge in [0.2, 0.25) is 5.51 Å². The number of aliphatic hydroxyl groups is 1. The minimum absolute atomic E-state index is 0. The maximum atomic E-state index is 9.00. The largest absolute Gasteiger partial charge is 1.00 e. The number of hydrogen-bond acceptors (Lipinski definition) is 5. The summed E-state index contributed by atoms with van der Waals surface area (Å²) in [5, 5.41) is 15.7. The van der Waals surface area contributed by atoms with Gasteiger partial charge in [0.25, 0.3) is 0 Å². The molecule has 2 rings (SSSR count). The van der Waals surface area contributed by atoms with E-state index in [-0.39, 0.29) is 43.8 Å². The molecular formula is C12H24Cl2N4OS. The molecule has 5 N–H and O–H groups in total. The normalized spacial score (nSPS) is 25.7. The first kappa shape index (κ1) is 20.1. The van der Waals surface area contributed by atoms with Crippen LogP contribution in [0.4, 0.5) is 0 Å². The van der Waals surface area contributed by atoms with Crippen LogP contribution >= 0.6 is 23.7 Å². The minimum atomic E-state index is 0. The van der Waals surface area contributed by atoms with E-state index in [0.717, 1.165) is 19.5 Å².